The normalized spacial score (nSPS) is 10.8. The van der Waals surface area contributed by atoms with E-state index >= 15 is 0 Å². The van der Waals surface area contributed by atoms with Crippen LogP contribution in [0.1, 0.15) is 55.8 Å². The molecule has 0 saturated carbocycles. The van der Waals surface area contributed by atoms with Crippen molar-refractivity contribution in [1.82, 2.24) is 0 Å². The Morgan fingerprint density at radius 3 is 2.41 bits per heavy atom. The van der Waals surface area contributed by atoms with Crippen molar-refractivity contribution in [2.45, 2.75) is 45.4 Å². The molecular formula is C29H30N2O4S2. The smallest absolute Gasteiger partial charge is 0.343 e. The zero-order valence-electron chi connectivity index (χ0n) is 20.8. The van der Waals surface area contributed by atoms with Crippen LogP contribution in [0.4, 0.5) is 11.4 Å². The molecule has 0 amide bonds. The van der Waals surface area contributed by atoms with Crippen LogP contribution in [0, 0.1) is 10.1 Å². The second-order valence-electron chi connectivity index (χ2n) is 8.74. The maximum absolute atomic E-state index is 12.9. The van der Waals surface area contributed by atoms with Crippen molar-refractivity contribution in [3.8, 4) is 25.9 Å². The molecule has 1 N–H and O–H groups in total. The lowest BCUT2D eigenvalue weighted by atomic mass is 10.1. The number of ether oxygens (including phenoxy) is 1. The van der Waals surface area contributed by atoms with Crippen LogP contribution < -0.4 is 10.1 Å². The highest BCUT2D eigenvalue weighted by atomic mass is 32.1. The Hall–Kier alpha value is -3.49. The summed E-state index contributed by atoms with van der Waals surface area (Å²) in [5.41, 5.74) is 2.31. The van der Waals surface area contributed by atoms with Gasteiger partial charge in [0, 0.05) is 44.6 Å². The fourth-order valence-electron chi connectivity index (χ4n) is 3.99. The molecule has 4 rings (SSSR count). The minimum Gasteiger partial charge on any atom is -0.423 e. The second kappa shape index (κ2) is 13.2. The molecule has 4 aromatic rings. The van der Waals surface area contributed by atoms with Gasteiger partial charge in [0.25, 0.3) is 5.69 Å². The van der Waals surface area contributed by atoms with Crippen LogP contribution in [0.5, 0.6) is 5.75 Å². The van der Waals surface area contributed by atoms with Crippen LogP contribution in [0.15, 0.2) is 72.1 Å². The van der Waals surface area contributed by atoms with Crippen molar-refractivity contribution >= 4 is 40.0 Å². The maximum Gasteiger partial charge on any atom is 0.343 e. The largest absolute Gasteiger partial charge is 0.423 e. The number of carbonyl (C=O) groups excluding carboxylic acids is 1. The number of nitrogens with one attached hydrogen (secondary N) is 1. The number of thiophene rings is 2. The fraction of sp³-hybridized carbons (Fsp3) is 0.276. The minimum absolute atomic E-state index is 0.0536. The minimum atomic E-state index is -0.507. The van der Waals surface area contributed by atoms with E-state index in [-0.39, 0.29) is 11.4 Å². The summed E-state index contributed by atoms with van der Waals surface area (Å²) in [5.74, 6) is -0.244. The summed E-state index contributed by atoms with van der Waals surface area (Å²) >= 11 is 3.40. The van der Waals surface area contributed by atoms with Crippen molar-refractivity contribution in [3.63, 3.8) is 0 Å². The molecule has 0 atom stereocenters. The third-order valence-corrected chi connectivity index (χ3v) is 8.18. The van der Waals surface area contributed by atoms with Gasteiger partial charge >= 0.3 is 5.97 Å². The predicted molar refractivity (Wildman–Crippen MR) is 153 cm³/mol. The Kier molecular flexibility index (Phi) is 9.46. The number of nitro benzene ring substituents is 1. The summed E-state index contributed by atoms with van der Waals surface area (Å²) in [4.78, 5) is 26.8. The average molecular weight is 535 g/mol. The monoisotopic (exact) mass is 534 g/mol. The number of esters is 1. The van der Waals surface area contributed by atoms with Crippen LogP contribution in [-0.2, 0) is 0 Å². The molecule has 2 aromatic heterocycles. The van der Waals surface area contributed by atoms with Crippen molar-refractivity contribution in [2.24, 2.45) is 0 Å². The molecule has 0 fully saturated rings. The summed E-state index contributed by atoms with van der Waals surface area (Å²) < 4.78 is 5.50. The molecular weight excluding hydrogens is 504 g/mol. The van der Waals surface area contributed by atoms with Gasteiger partial charge in [-0.1, -0.05) is 45.1 Å². The molecule has 8 heteroatoms. The summed E-state index contributed by atoms with van der Waals surface area (Å²) in [7, 11) is 0. The average Bonchev–Trinajstić information content (AvgIpc) is 3.61. The van der Waals surface area contributed by atoms with E-state index in [1.54, 1.807) is 28.7 Å². The van der Waals surface area contributed by atoms with Gasteiger partial charge in [-0.05, 0) is 60.3 Å². The third kappa shape index (κ3) is 7.27. The first-order chi connectivity index (χ1) is 18.0. The molecule has 0 radical (unpaired) electrons. The van der Waals surface area contributed by atoms with Crippen LogP contribution in [-0.4, -0.2) is 17.4 Å². The number of rotatable bonds is 13. The molecule has 0 saturated heterocycles. The number of carbonyl (C=O) groups is 1. The third-order valence-electron chi connectivity index (χ3n) is 5.99. The van der Waals surface area contributed by atoms with E-state index in [1.807, 2.05) is 18.2 Å². The summed E-state index contributed by atoms with van der Waals surface area (Å²) in [6.45, 7) is 3.10. The van der Waals surface area contributed by atoms with Crippen LogP contribution in [0.2, 0.25) is 0 Å². The van der Waals surface area contributed by atoms with Crippen LogP contribution in [0.3, 0.4) is 0 Å². The molecule has 2 heterocycles. The number of non-ortho nitro benzene ring substituents is 1. The molecule has 0 aliphatic heterocycles. The summed E-state index contributed by atoms with van der Waals surface area (Å²) in [5, 5.41) is 16.5. The molecule has 0 bridgehead atoms. The molecule has 0 aliphatic rings. The van der Waals surface area contributed by atoms with Crippen LogP contribution in [0.25, 0.3) is 20.2 Å². The summed E-state index contributed by atoms with van der Waals surface area (Å²) in [6.07, 6.45) is 7.37. The van der Waals surface area contributed by atoms with E-state index in [2.05, 4.69) is 35.8 Å². The van der Waals surface area contributed by atoms with Crippen molar-refractivity contribution in [1.29, 1.82) is 0 Å². The maximum atomic E-state index is 12.9. The Bertz CT molecular complexity index is 1310. The van der Waals surface area contributed by atoms with E-state index < -0.39 is 10.9 Å². The van der Waals surface area contributed by atoms with E-state index in [4.69, 9.17) is 4.74 Å². The van der Waals surface area contributed by atoms with E-state index in [9.17, 15) is 14.9 Å². The molecule has 0 aliphatic carbocycles. The fourth-order valence-corrected chi connectivity index (χ4v) is 5.86. The SMILES string of the molecule is CCCCCCCCNc1ccc(C(=O)Oc2ccc([N+](=O)[O-])cc2)cc1-c1ccc(-c2cccs2)s1. The van der Waals surface area contributed by atoms with Gasteiger partial charge in [-0.3, -0.25) is 10.1 Å². The zero-order valence-corrected chi connectivity index (χ0v) is 22.4. The Balaban J connectivity index is 1.52. The molecule has 192 valence electrons. The van der Waals surface area contributed by atoms with Gasteiger partial charge in [0.2, 0.25) is 0 Å². The van der Waals surface area contributed by atoms with Gasteiger partial charge in [0.05, 0.1) is 10.5 Å². The Morgan fingerprint density at radius 1 is 0.919 bits per heavy atom. The topological polar surface area (TPSA) is 81.5 Å². The lowest BCUT2D eigenvalue weighted by Gasteiger charge is -2.13. The molecule has 6 nitrogen and oxygen atoms in total. The van der Waals surface area contributed by atoms with E-state index in [0.29, 0.717) is 5.56 Å². The standard InChI is InChI=1S/C29H30N2O4S2/c1-2-3-4-5-6-7-18-30-25-15-10-21(29(32)35-23-13-11-22(12-14-23)31(33)34)20-24(25)26-16-17-28(37-26)27-9-8-19-36-27/h8-17,19-20,30H,2-7,18H2,1H3. The number of nitrogens with zero attached hydrogens (tertiary/aromatic N) is 1. The van der Waals surface area contributed by atoms with Crippen molar-refractivity contribution < 1.29 is 14.5 Å². The highest BCUT2D eigenvalue weighted by molar-refractivity contribution is 7.23. The number of nitro groups is 1. The lowest BCUT2D eigenvalue weighted by molar-refractivity contribution is -0.384. The quantitative estimate of drug-likeness (QED) is 0.0608. The zero-order chi connectivity index (χ0) is 26.0. The van der Waals surface area contributed by atoms with E-state index in [0.717, 1.165) is 29.1 Å². The number of benzene rings is 2. The van der Waals surface area contributed by atoms with Gasteiger partial charge in [0.1, 0.15) is 5.75 Å². The first-order valence-corrected chi connectivity index (χ1v) is 14.2. The molecule has 2 aromatic carbocycles. The van der Waals surface area contributed by atoms with Gasteiger partial charge in [0.15, 0.2) is 0 Å². The highest BCUT2D eigenvalue weighted by Gasteiger charge is 2.16. The van der Waals surface area contributed by atoms with Crippen LogP contribution >= 0.6 is 22.7 Å². The van der Waals surface area contributed by atoms with Crippen molar-refractivity contribution in [3.05, 3.63) is 87.8 Å². The van der Waals surface area contributed by atoms with E-state index in [1.165, 1.54) is 66.1 Å². The Morgan fingerprint density at radius 2 is 1.68 bits per heavy atom. The van der Waals surface area contributed by atoms with Gasteiger partial charge in [-0.2, -0.15) is 0 Å². The number of hydrogen-bond acceptors (Lipinski definition) is 7. The molecule has 37 heavy (non-hydrogen) atoms. The first kappa shape index (κ1) is 26.6. The predicted octanol–water partition coefficient (Wildman–Crippen LogP) is 9.04. The van der Waals surface area contributed by atoms with Gasteiger partial charge < -0.3 is 10.1 Å². The van der Waals surface area contributed by atoms with Gasteiger partial charge in [-0.25, -0.2) is 4.79 Å². The number of hydrogen-bond donors (Lipinski definition) is 1. The Labute approximate surface area is 225 Å². The number of unbranched alkanes of at least 4 members (excludes halogenated alkanes) is 5. The molecule has 0 unspecified atom stereocenters. The highest BCUT2D eigenvalue weighted by Crippen LogP contribution is 2.39. The summed E-state index contributed by atoms with van der Waals surface area (Å²) in [6, 6.07) is 19.4. The number of anilines is 1. The first-order valence-electron chi connectivity index (χ1n) is 12.5. The van der Waals surface area contributed by atoms with Crippen molar-refractivity contribution in [2.75, 3.05) is 11.9 Å². The lowest BCUT2D eigenvalue weighted by Crippen LogP contribution is -2.10. The second-order valence-corrected chi connectivity index (χ2v) is 10.8. The molecule has 0 spiro atoms. The van der Waals surface area contributed by atoms with Gasteiger partial charge in [-0.15, -0.1) is 22.7 Å².